The van der Waals surface area contributed by atoms with Crippen molar-refractivity contribution in [3.8, 4) is 0 Å². The van der Waals surface area contributed by atoms with Crippen LogP contribution in [0, 0.1) is 11.8 Å². The molecule has 2 atom stereocenters. The van der Waals surface area contributed by atoms with Crippen LogP contribution >= 0.6 is 15.9 Å². The average molecular weight is 299 g/mol. The SMILES string of the molecule is CCC(C)CC(Cc1ccccc1Br)C(=O)O. The number of halogens is 1. The molecule has 0 aliphatic heterocycles. The van der Waals surface area contributed by atoms with Gasteiger partial charge in [-0.2, -0.15) is 0 Å². The number of aliphatic carboxylic acids is 1. The topological polar surface area (TPSA) is 37.3 Å². The van der Waals surface area contributed by atoms with Gasteiger partial charge in [-0.25, -0.2) is 0 Å². The summed E-state index contributed by atoms with van der Waals surface area (Å²) >= 11 is 3.46. The molecule has 0 aromatic heterocycles. The molecule has 1 aromatic rings. The van der Waals surface area contributed by atoms with Crippen molar-refractivity contribution in [2.75, 3.05) is 0 Å². The van der Waals surface area contributed by atoms with Crippen LogP contribution in [0.5, 0.6) is 0 Å². The van der Waals surface area contributed by atoms with E-state index in [1.165, 1.54) is 0 Å². The number of carboxylic acid groups (broad SMARTS) is 1. The van der Waals surface area contributed by atoms with Gasteiger partial charge in [0.15, 0.2) is 0 Å². The Bertz CT molecular complexity index is 376. The van der Waals surface area contributed by atoms with Crippen molar-refractivity contribution >= 4 is 21.9 Å². The molecule has 0 spiro atoms. The highest BCUT2D eigenvalue weighted by Gasteiger charge is 2.21. The second-order valence-corrected chi connectivity index (χ2v) is 5.43. The lowest BCUT2D eigenvalue weighted by Crippen LogP contribution is -2.19. The van der Waals surface area contributed by atoms with Gasteiger partial charge in [0.1, 0.15) is 0 Å². The molecule has 94 valence electrons. The Morgan fingerprint density at radius 1 is 1.41 bits per heavy atom. The Morgan fingerprint density at radius 3 is 2.59 bits per heavy atom. The van der Waals surface area contributed by atoms with E-state index in [0.29, 0.717) is 12.3 Å². The molecule has 0 bridgehead atoms. The molecule has 2 nitrogen and oxygen atoms in total. The van der Waals surface area contributed by atoms with Crippen LogP contribution in [0.15, 0.2) is 28.7 Å². The first-order valence-electron chi connectivity index (χ1n) is 6.00. The molecule has 0 radical (unpaired) electrons. The standard InChI is InChI=1S/C14H19BrO2/c1-3-10(2)8-12(14(16)17)9-11-6-4-5-7-13(11)15/h4-7,10,12H,3,8-9H2,1-2H3,(H,16,17). The highest BCUT2D eigenvalue weighted by atomic mass is 79.9. The van der Waals surface area contributed by atoms with Gasteiger partial charge in [0.05, 0.1) is 5.92 Å². The van der Waals surface area contributed by atoms with Crippen LogP contribution in [-0.4, -0.2) is 11.1 Å². The van der Waals surface area contributed by atoms with E-state index in [0.717, 1.165) is 22.9 Å². The molecule has 17 heavy (non-hydrogen) atoms. The van der Waals surface area contributed by atoms with Crippen molar-refractivity contribution in [3.63, 3.8) is 0 Å². The smallest absolute Gasteiger partial charge is 0.306 e. The Hall–Kier alpha value is -0.830. The van der Waals surface area contributed by atoms with Crippen molar-refractivity contribution in [1.82, 2.24) is 0 Å². The van der Waals surface area contributed by atoms with Crippen molar-refractivity contribution in [3.05, 3.63) is 34.3 Å². The van der Waals surface area contributed by atoms with Gasteiger partial charge in [-0.15, -0.1) is 0 Å². The predicted octanol–water partition coefficient (Wildman–Crippen LogP) is 4.13. The van der Waals surface area contributed by atoms with Crippen LogP contribution in [0.1, 0.15) is 32.3 Å². The van der Waals surface area contributed by atoms with Crippen molar-refractivity contribution in [1.29, 1.82) is 0 Å². The highest BCUT2D eigenvalue weighted by Crippen LogP contribution is 2.24. The molecular weight excluding hydrogens is 280 g/mol. The summed E-state index contributed by atoms with van der Waals surface area (Å²) in [7, 11) is 0. The van der Waals surface area contributed by atoms with E-state index in [-0.39, 0.29) is 5.92 Å². The summed E-state index contributed by atoms with van der Waals surface area (Å²) in [5, 5.41) is 9.25. The lowest BCUT2D eigenvalue weighted by Gasteiger charge is -2.17. The van der Waals surface area contributed by atoms with E-state index in [2.05, 4.69) is 29.8 Å². The first kappa shape index (κ1) is 14.2. The first-order valence-corrected chi connectivity index (χ1v) is 6.80. The maximum Gasteiger partial charge on any atom is 0.306 e. The Morgan fingerprint density at radius 2 is 2.06 bits per heavy atom. The highest BCUT2D eigenvalue weighted by molar-refractivity contribution is 9.10. The molecule has 1 aromatic carbocycles. The van der Waals surface area contributed by atoms with Gasteiger partial charge in [0, 0.05) is 4.47 Å². The molecule has 0 fully saturated rings. The van der Waals surface area contributed by atoms with Crippen LogP contribution in [0.25, 0.3) is 0 Å². The molecule has 2 unspecified atom stereocenters. The zero-order valence-electron chi connectivity index (χ0n) is 10.3. The van der Waals surface area contributed by atoms with Crippen LogP contribution in [-0.2, 0) is 11.2 Å². The molecular formula is C14H19BrO2. The maximum atomic E-state index is 11.3. The van der Waals surface area contributed by atoms with Gasteiger partial charge in [0.25, 0.3) is 0 Å². The number of rotatable bonds is 6. The van der Waals surface area contributed by atoms with E-state index in [4.69, 9.17) is 0 Å². The summed E-state index contributed by atoms with van der Waals surface area (Å²) in [5.74, 6) is -0.525. The monoisotopic (exact) mass is 298 g/mol. The number of carboxylic acids is 1. The van der Waals surface area contributed by atoms with Gasteiger partial charge in [-0.05, 0) is 30.4 Å². The fourth-order valence-corrected chi connectivity index (χ4v) is 2.30. The van der Waals surface area contributed by atoms with Gasteiger partial charge < -0.3 is 5.11 Å². The quantitative estimate of drug-likeness (QED) is 0.857. The summed E-state index contributed by atoms with van der Waals surface area (Å²) in [4.78, 5) is 11.3. The molecule has 1 rings (SSSR count). The van der Waals surface area contributed by atoms with E-state index in [9.17, 15) is 9.90 Å². The first-order chi connectivity index (χ1) is 8.04. The van der Waals surface area contributed by atoms with Crippen LogP contribution in [0.4, 0.5) is 0 Å². The predicted molar refractivity (Wildman–Crippen MR) is 73.0 cm³/mol. The fourth-order valence-electron chi connectivity index (χ4n) is 1.85. The third kappa shape index (κ3) is 4.50. The average Bonchev–Trinajstić information content (AvgIpc) is 2.30. The molecule has 0 saturated carbocycles. The summed E-state index contributed by atoms with van der Waals surface area (Å²) in [6.07, 6.45) is 2.37. The third-order valence-corrected chi connectivity index (χ3v) is 3.93. The summed E-state index contributed by atoms with van der Waals surface area (Å²) in [6.45, 7) is 4.21. The van der Waals surface area contributed by atoms with E-state index >= 15 is 0 Å². The minimum atomic E-state index is -0.693. The van der Waals surface area contributed by atoms with Gasteiger partial charge >= 0.3 is 5.97 Å². The zero-order valence-corrected chi connectivity index (χ0v) is 11.9. The largest absolute Gasteiger partial charge is 0.481 e. The van der Waals surface area contributed by atoms with E-state index in [1.54, 1.807) is 0 Å². The summed E-state index contributed by atoms with van der Waals surface area (Å²) in [6, 6.07) is 7.83. The maximum absolute atomic E-state index is 11.3. The second-order valence-electron chi connectivity index (χ2n) is 4.58. The number of hydrogen-bond donors (Lipinski definition) is 1. The molecule has 3 heteroatoms. The lowest BCUT2D eigenvalue weighted by atomic mass is 9.89. The Kier molecular flexibility index (Phi) is 5.69. The number of carbonyl (C=O) groups is 1. The molecule has 0 aliphatic rings. The number of benzene rings is 1. The molecule has 0 saturated heterocycles. The van der Waals surface area contributed by atoms with Crippen LogP contribution < -0.4 is 0 Å². The van der Waals surface area contributed by atoms with E-state index in [1.807, 2.05) is 24.3 Å². The van der Waals surface area contributed by atoms with Crippen molar-refractivity contribution < 1.29 is 9.90 Å². The zero-order chi connectivity index (χ0) is 12.8. The van der Waals surface area contributed by atoms with Crippen molar-refractivity contribution in [2.24, 2.45) is 11.8 Å². The third-order valence-electron chi connectivity index (χ3n) is 3.16. The second kappa shape index (κ2) is 6.80. The van der Waals surface area contributed by atoms with E-state index < -0.39 is 5.97 Å². The van der Waals surface area contributed by atoms with Gasteiger partial charge in [-0.1, -0.05) is 54.4 Å². The van der Waals surface area contributed by atoms with Crippen LogP contribution in [0.3, 0.4) is 0 Å². The van der Waals surface area contributed by atoms with Gasteiger partial charge in [-0.3, -0.25) is 4.79 Å². The Labute approximate surface area is 111 Å². The van der Waals surface area contributed by atoms with Crippen LogP contribution in [0.2, 0.25) is 0 Å². The molecule has 1 N–H and O–H groups in total. The summed E-state index contributed by atoms with van der Waals surface area (Å²) < 4.78 is 0.996. The fraction of sp³-hybridized carbons (Fsp3) is 0.500. The van der Waals surface area contributed by atoms with Crippen molar-refractivity contribution in [2.45, 2.75) is 33.1 Å². The summed E-state index contributed by atoms with van der Waals surface area (Å²) in [5.41, 5.74) is 1.07. The minimum Gasteiger partial charge on any atom is -0.481 e. The lowest BCUT2D eigenvalue weighted by molar-refractivity contribution is -0.142. The molecule has 0 heterocycles. The normalized spacial score (nSPS) is 14.3. The Balaban J connectivity index is 2.74. The minimum absolute atomic E-state index is 0.288. The van der Waals surface area contributed by atoms with Gasteiger partial charge in [0.2, 0.25) is 0 Å². The molecule has 0 amide bonds. The molecule has 0 aliphatic carbocycles. The number of hydrogen-bond acceptors (Lipinski definition) is 1.